The van der Waals surface area contributed by atoms with E-state index in [1.165, 1.54) is 6.20 Å². The molecule has 1 aromatic heterocycles. The first kappa shape index (κ1) is 35.1. The number of aliphatic hydroxyl groups is 1. The van der Waals surface area contributed by atoms with Crippen LogP contribution in [0, 0.1) is 0 Å². The molecule has 0 radical (unpaired) electrons. The van der Waals surface area contributed by atoms with E-state index in [1.807, 2.05) is 78.9 Å². The van der Waals surface area contributed by atoms with Gasteiger partial charge in [0.15, 0.2) is 0 Å². The second kappa shape index (κ2) is 14.9. The van der Waals surface area contributed by atoms with Gasteiger partial charge in [0.1, 0.15) is 29.4 Å². The number of alkyl halides is 3. The monoisotopic (exact) mass is 681 g/mol. The number of carbonyl (C=O) groups is 1. The van der Waals surface area contributed by atoms with E-state index in [0.717, 1.165) is 33.5 Å². The third-order valence-electron chi connectivity index (χ3n) is 8.12. The van der Waals surface area contributed by atoms with Crippen LogP contribution in [0.4, 0.5) is 13.2 Å². The number of hydrogen-bond acceptors (Lipinski definition) is 8. The van der Waals surface area contributed by atoms with Crippen LogP contribution in [-0.2, 0) is 26.3 Å². The molecule has 11 nitrogen and oxygen atoms in total. The molecule has 0 bridgehead atoms. The second-order valence-corrected chi connectivity index (χ2v) is 11.1. The van der Waals surface area contributed by atoms with E-state index in [2.05, 4.69) is 4.98 Å². The van der Waals surface area contributed by atoms with Gasteiger partial charge >= 0.3 is 17.8 Å². The minimum Gasteiger partial charge on any atom is -0.497 e. The van der Waals surface area contributed by atoms with E-state index < -0.39 is 47.4 Å². The van der Waals surface area contributed by atoms with Crippen molar-refractivity contribution in [2.75, 3.05) is 20.8 Å². The van der Waals surface area contributed by atoms with Crippen LogP contribution in [0.5, 0.6) is 11.5 Å². The fourth-order valence-corrected chi connectivity index (χ4v) is 5.61. The van der Waals surface area contributed by atoms with Crippen molar-refractivity contribution in [1.82, 2.24) is 14.9 Å². The summed E-state index contributed by atoms with van der Waals surface area (Å²) >= 11 is 0. The minimum atomic E-state index is -5.07. The SMILES string of the molecule is COc1ccc(C(OC[C@H]2O[C@@H](n3cc(CC=CNC(=O)C(F)(F)F)c(=O)[nH]c3=O)C[C@@H]2O)(c2ccccc2)c2ccc(OC)cc2)cc1. The molecule has 258 valence electrons. The predicted octanol–water partition coefficient (Wildman–Crippen LogP) is 3.95. The molecular formula is C35H34F3N3O8. The van der Waals surface area contributed by atoms with E-state index >= 15 is 0 Å². The smallest absolute Gasteiger partial charge is 0.471 e. The first-order chi connectivity index (χ1) is 23.5. The van der Waals surface area contributed by atoms with Gasteiger partial charge in [-0.2, -0.15) is 13.2 Å². The lowest BCUT2D eigenvalue weighted by Crippen LogP contribution is -2.38. The summed E-state index contributed by atoms with van der Waals surface area (Å²) in [6, 6.07) is 24.3. The Morgan fingerprint density at radius 1 is 0.959 bits per heavy atom. The van der Waals surface area contributed by atoms with Crippen molar-refractivity contribution in [2.24, 2.45) is 0 Å². The lowest BCUT2D eigenvalue weighted by atomic mass is 9.80. The number of nitrogens with zero attached hydrogens (tertiary/aromatic N) is 1. The number of halogens is 3. The van der Waals surface area contributed by atoms with Gasteiger partial charge in [0.05, 0.1) is 26.9 Å². The molecule has 3 atom stereocenters. The number of hydrogen-bond donors (Lipinski definition) is 3. The number of methoxy groups -OCH3 is 2. The van der Waals surface area contributed by atoms with E-state index in [-0.39, 0.29) is 25.0 Å². The Morgan fingerprint density at radius 2 is 1.53 bits per heavy atom. The van der Waals surface area contributed by atoms with Crippen molar-refractivity contribution in [3.05, 3.63) is 140 Å². The van der Waals surface area contributed by atoms with Crippen molar-refractivity contribution in [3.8, 4) is 11.5 Å². The standard InChI is InChI=1S/C35H34F3N3O8/c1-46-26-14-10-24(11-15-26)34(23-8-4-3-5-9-23,25-12-16-27(47-2)17-13-25)48-21-29-28(42)19-30(49-29)41-20-22(31(43)40-33(41)45)7-6-18-39-32(44)35(36,37)38/h3-6,8-18,20,28-30,42H,7,19,21H2,1-2H3,(H,39,44)(H,40,43,45)/t28-,29+,30+/m0/s1. The molecular weight excluding hydrogens is 647 g/mol. The van der Waals surface area contributed by atoms with Crippen LogP contribution in [0.3, 0.4) is 0 Å². The molecule has 1 saturated heterocycles. The molecule has 0 spiro atoms. The van der Waals surface area contributed by atoms with Crippen molar-refractivity contribution >= 4 is 5.91 Å². The normalized spacial score (nSPS) is 18.0. The fourth-order valence-electron chi connectivity index (χ4n) is 5.61. The largest absolute Gasteiger partial charge is 0.497 e. The summed E-state index contributed by atoms with van der Waals surface area (Å²) in [6.45, 7) is -0.128. The van der Waals surface area contributed by atoms with Crippen LogP contribution in [0.25, 0.3) is 0 Å². The van der Waals surface area contributed by atoms with Gasteiger partial charge in [0.25, 0.3) is 5.56 Å². The van der Waals surface area contributed by atoms with Crippen molar-refractivity contribution < 1.29 is 42.0 Å². The number of H-pyrrole nitrogens is 1. The number of carbonyl (C=O) groups excluding carboxylic acids is 1. The summed E-state index contributed by atoms with van der Waals surface area (Å²) < 4.78 is 62.1. The van der Waals surface area contributed by atoms with E-state index in [4.69, 9.17) is 18.9 Å². The molecule has 2 heterocycles. The van der Waals surface area contributed by atoms with E-state index in [0.29, 0.717) is 11.5 Å². The van der Waals surface area contributed by atoms with Gasteiger partial charge in [-0.3, -0.25) is 19.1 Å². The van der Waals surface area contributed by atoms with Gasteiger partial charge in [0.2, 0.25) is 0 Å². The van der Waals surface area contributed by atoms with Crippen molar-refractivity contribution in [1.29, 1.82) is 0 Å². The fraction of sp³-hybridized carbons (Fsp3) is 0.286. The molecule has 0 aliphatic carbocycles. The van der Waals surface area contributed by atoms with Crippen LogP contribution in [0.2, 0.25) is 0 Å². The van der Waals surface area contributed by atoms with Gasteiger partial charge in [-0.25, -0.2) is 4.79 Å². The molecule has 14 heteroatoms. The molecule has 1 aliphatic heterocycles. The Hall–Kier alpha value is -5.18. The average molecular weight is 682 g/mol. The first-order valence-electron chi connectivity index (χ1n) is 15.2. The maximum Gasteiger partial charge on any atom is 0.471 e. The maximum absolute atomic E-state index is 12.8. The first-order valence-corrected chi connectivity index (χ1v) is 15.2. The molecule has 3 aromatic carbocycles. The van der Waals surface area contributed by atoms with Crippen LogP contribution in [0.15, 0.2) is 107 Å². The Bertz CT molecular complexity index is 1830. The topological polar surface area (TPSA) is 141 Å². The van der Waals surface area contributed by atoms with Crippen molar-refractivity contribution in [2.45, 2.75) is 43.1 Å². The van der Waals surface area contributed by atoms with Gasteiger partial charge < -0.3 is 29.4 Å². The van der Waals surface area contributed by atoms with Gasteiger partial charge in [-0.15, -0.1) is 0 Å². The molecule has 49 heavy (non-hydrogen) atoms. The summed E-state index contributed by atoms with van der Waals surface area (Å²) in [5.41, 5.74) is -0.455. The summed E-state index contributed by atoms with van der Waals surface area (Å²) in [5, 5.41) is 12.7. The summed E-state index contributed by atoms with van der Waals surface area (Å²) in [7, 11) is 3.14. The number of allylic oxidation sites excluding steroid dienone is 1. The van der Waals surface area contributed by atoms with Crippen LogP contribution in [-0.4, -0.2) is 59.8 Å². The summed E-state index contributed by atoms with van der Waals surface area (Å²) in [4.78, 5) is 38.4. The maximum atomic E-state index is 12.8. The number of aliphatic hydroxyl groups excluding tert-OH is 1. The van der Waals surface area contributed by atoms with E-state index in [1.54, 1.807) is 19.5 Å². The minimum absolute atomic E-state index is 0.0111. The van der Waals surface area contributed by atoms with Crippen LogP contribution >= 0.6 is 0 Å². The quantitative estimate of drug-likeness (QED) is 0.191. The lowest BCUT2D eigenvalue weighted by Gasteiger charge is -2.37. The van der Waals surface area contributed by atoms with Gasteiger partial charge in [-0.05, 0) is 47.4 Å². The predicted molar refractivity (Wildman–Crippen MR) is 171 cm³/mol. The zero-order chi connectivity index (χ0) is 35.2. The highest BCUT2D eigenvalue weighted by Gasteiger charge is 2.42. The Labute approximate surface area is 278 Å². The van der Waals surface area contributed by atoms with Gasteiger partial charge in [0, 0.05) is 24.4 Å². The number of aromatic nitrogens is 2. The van der Waals surface area contributed by atoms with Crippen LogP contribution < -0.4 is 26.0 Å². The zero-order valence-corrected chi connectivity index (χ0v) is 26.5. The molecule has 0 saturated carbocycles. The van der Waals surface area contributed by atoms with E-state index in [9.17, 15) is 32.7 Å². The van der Waals surface area contributed by atoms with Crippen molar-refractivity contribution in [3.63, 3.8) is 0 Å². The number of ether oxygens (including phenoxy) is 4. The Kier molecular flexibility index (Phi) is 10.7. The van der Waals surface area contributed by atoms with Gasteiger partial charge in [-0.1, -0.05) is 60.7 Å². The molecule has 4 aromatic rings. The number of amides is 1. The molecule has 3 N–H and O–H groups in total. The summed E-state index contributed by atoms with van der Waals surface area (Å²) in [5.74, 6) is -0.880. The molecule has 1 aliphatic rings. The number of benzene rings is 3. The number of aromatic amines is 1. The average Bonchev–Trinajstić information content (AvgIpc) is 3.47. The highest BCUT2D eigenvalue weighted by atomic mass is 19.4. The third-order valence-corrected chi connectivity index (χ3v) is 8.12. The zero-order valence-electron chi connectivity index (χ0n) is 26.5. The summed E-state index contributed by atoms with van der Waals surface area (Å²) in [6.07, 6.45) is -5.20. The number of nitrogens with one attached hydrogen (secondary N) is 2. The van der Waals surface area contributed by atoms with Crippen LogP contribution in [0.1, 0.15) is 34.9 Å². The Balaban J connectivity index is 1.42. The Morgan fingerprint density at radius 3 is 2.08 bits per heavy atom. The molecule has 0 unspecified atom stereocenters. The lowest BCUT2D eigenvalue weighted by molar-refractivity contribution is -0.172. The number of rotatable bonds is 12. The molecule has 1 fully saturated rings. The second-order valence-electron chi connectivity index (χ2n) is 11.1. The highest BCUT2D eigenvalue weighted by molar-refractivity contribution is 5.82. The molecule has 5 rings (SSSR count). The highest BCUT2D eigenvalue weighted by Crippen LogP contribution is 2.42. The third kappa shape index (κ3) is 7.77. The molecule has 1 amide bonds.